The number of amides is 1. The largest absolute Gasteiger partial charge is 0.317 e. The van der Waals surface area contributed by atoms with Gasteiger partial charge in [-0.2, -0.15) is 4.99 Å². The zero-order valence-corrected chi connectivity index (χ0v) is 16.4. The van der Waals surface area contributed by atoms with E-state index in [1.165, 1.54) is 27.5 Å². The Labute approximate surface area is 151 Å². The lowest BCUT2D eigenvalue weighted by atomic mass is 9.98. The first-order valence-electron chi connectivity index (χ1n) is 8.43. The summed E-state index contributed by atoms with van der Waals surface area (Å²) in [6.45, 7) is 5.63. The van der Waals surface area contributed by atoms with Gasteiger partial charge in [-0.25, -0.2) is 12.7 Å². The van der Waals surface area contributed by atoms with Crippen molar-refractivity contribution in [3.05, 3.63) is 28.6 Å². The van der Waals surface area contributed by atoms with Gasteiger partial charge >= 0.3 is 0 Å². The van der Waals surface area contributed by atoms with Gasteiger partial charge < -0.3 is 4.57 Å². The van der Waals surface area contributed by atoms with Crippen LogP contribution in [0.3, 0.4) is 0 Å². The van der Waals surface area contributed by atoms with Crippen molar-refractivity contribution in [2.24, 2.45) is 10.9 Å². The van der Waals surface area contributed by atoms with Crippen LogP contribution in [0.4, 0.5) is 0 Å². The molecule has 1 aromatic carbocycles. The van der Waals surface area contributed by atoms with Crippen LogP contribution in [-0.2, 0) is 21.4 Å². The van der Waals surface area contributed by atoms with Gasteiger partial charge in [0.05, 0.1) is 16.5 Å². The first-order chi connectivity index (χ1) is 11.8. The fourth-order valence-corrected chi connectivity index (χ4v) is 5.26. The topological polar surface area (TPSA) is 71.7 Å². The molecule has 0 radical (unpaired) electrons. The van der Waals surface area contributed by atoms with Crippen LogP contribution >= 0.6 is 11.3 Å². The van der Waals surface area contributed by atoms with Crippen molar-refractivity contribution >= 4 is 37.5 Å². The Morgan fingerprint density at radius 3 is 2.60 bits per heavy atom. The minimum Gasteiger partial charge on any atom is -0.317 e. The minimum atomic E-state index is -3.18. The Hall–Kier alpha value is -1.51. The quantitative estimate of drug-likeness (QED) is 0.818. The molecule has 0 saturated carbocycles. The number of hydrogen-bond donors (Lipinski definition) is 0. The van der Waals surface area contributed by atoms with Gasteiger partial charge in [-0.3, -0.25) is 4.79 Å². The van der Waals surface area contributed by atoms with Gasteiger partial charge in [0.1, 0.15) is 0 Å². The highest BCUT2D eigenvalue weighted by molar-refractivity contribution is 7.88. The highest BCUT2D eigenvalue weighted by atomic mass is 32.2. The molecule has 3 rings (SSSR count). The number of carbonyl (C=O) groups excluding carboxylic acids is 1. The van der Waals surface area contributed by atoms with E-state index in [0.717, 1.165) is 21.6 Å². The average Bonchev–Trinajstić information content (AvgIpc) is 2.90. The van der Waals surface area contributed by atoms with Crippen LogP contribution in [0, 0.1) is 12.8 Å². The molecule has 0 bridgehead atoms. The highest BCUT2D eigenvalue weighted by Gasteiger charge is 2.28. The van der Waals surface area contributed by atoms with Crippen molar-refractivity contribution in [1.29, 1.82) is 0 Å². The smallest absolute Gasteiger partial charge is 0.251 e. The molecule has 1 aromatic heterocycles. The normalized spacial score (nSPS) is 18.1. The second-order valence-corrected chi connectivity index (χ2v) is 9.48. The predicted molar refractivity (Wildman–Crippen MR) is 99.9 cm³/mol. The second kappa shape index (κ2) is 7.01. The Morgan fingerprint density at radius 2 is 2.00 bits per heavy atom. The maximum atomic E-state index is 12.6. The molecule has 0 atom stereocenters. The summed E-state index contributed by atoms with van der Waals surface area (Å²) in [6.07, 6.45) is 2.28. The van der Waals surface area contributed by atoms with E-state index in [0.29, 0.717) is 25.9 Å². The standard InChI is InChI=1S/C17H23N3O3S2/c1-4-20-14-6-5-12(2)11-15(14)24-17(20)18-16(21)13-7-9-19(10-8-13)25(3,22)23/h5-6,11,13H,4,7-10H2,1-3H3. The van der Waals surface area contributed by atoms with Crippen molar-refractivity contribution in [2.45, 2.75) is 33.2 Å². The molecule has 1 aliphatic heterocycles. The minimum absolute atomic E-state index is 0.140. The lowest BCUT2D eigenvalue weighted by Gasteiger charge is -2.28. The van der Waals surface area contributed by atoms with E-state index in [2.05, 4.69) is 27.8 Å². The maximum absolute atomic E-state index is 12.6. The van der Waals surface area contributed by atoms with Crippen LogP contribution in [0.1, 0.15) is 25.3 Å². The fraction of sp³-hybridized carbons (Fsp3) is 0.529. The molecule has 1 aliphatic rings. The van der Waals surface area contributed by atoms with Crippen molar-refractivity contribution in [3.8, 4) is 0 Å². The number of piperidine rings is 1. The van der Waals surface area contributed by atoms with Gasteiger partial charge in [0, 0.05) is 25.6 Å². The molecule has 1 amide bonds. The fourth-order valence-electron chi connectivity index (χ4n) is 3.19. The maximum Gasteiger partial charge on any atom is 0.251 e. The van der Waals surface area contributed by atoms with Crippen LogP contribution in [0.2, 0.25) is 0 Å². The van der Waals surface area contributed by atoms with E-state index in [1.807, 2.05) is 13.8 Å². The molecular formula is C17H23N3O3S2. The van der Waals surface area contributed by atoms with Crippen LogP contribution < -0.4 is 4.80 Å². The number of benzene rings is 1. The molecule has 1 fully saturated rings. The van der Waals surface area contributed by atoms with Crippen LogP contribution in [0.5, 0.6) is 0 Å². The van der Waals surface area contributed by atoms with Gasteiger partial charge in [-0.05, 0) is 44.4 Å². The molecule has 1 saturated heterocycles. The summed E-state index contributed by atoms with van der Waals surface area (Å²) in [7, 11) is -3.18. The van der Waals surface area contributed by atoms with Crippen molar-refractivity contribution in [3.63, 3.8) is 0 Å². The number of nitrogens with zero attached hydrogens (tertiary/aromatic N) is 3. The summed E-state index contributed by atoms with van der Waals surface area (Å²) < 4.78 is 27.8. The molecule has 0 spiro atoms. The number of aryl methyl sites for hydroxylation is 2. The predicted octanol–water partition coefficient (Wildman–Crippen LogP) is 2.13. The van der Waals surface area contributed by atoms with Crippen LogP contribution in [0.25, 0.3) is 10.2 Å². The summed E-state index contributed by atoms with van der Waals surface area (Å²) >= 11 is 1.53. The summed E-state index contributed by atoms with van der Waals surface area (Å²) in [4.78, 5) is 17.7. The van der Waals surface area contributed by atoms with E-state index in [4.69, 9.17) is 0 Å². The average molecular weight is 382 g/mol. The van der Waals surface area contributed by atoms with Crippen molar-refractivity contribution in [2.75, 3.05) is 19.3 Å². The Bertz CT molecular complexity index is 965. The number of sulfonamides is 1. The number of thiazole rings is 1. The third-order valence-corrected chi connectivity index (χ3v) is 6.98. The molecule has 25 heavy (non-hydrogen) atoms. The first kappa shape index (κ1) is 18.3. The molecule has 8 heteroatoms. The Balaban J connectivity index is 1.86. The number of fused-ring (bicyclic) bond motifs is 1. The molecule has 2 heterocycles. The number of carbonyl (C=O) groups is 1. The molecule has 136 valence electrons. The lowest BCUT2D eigenvalue weighted by molar-refractivity contribution is -0.122. The summed E-state index contributed by atoms with van der Waals surface area (Å²) in [5, 5.41) is 0. The van der Waals surface area contributed by atoms with Gasteiger partial charge in [0.2, 0.25) is 10.0 Å². The monoisotopic (exact) mass is 381 g/mol. The van der Waals surface area contributed by atoms with Crippen LogP contribution in [-0.4, -0.2) is 42.5 Å². The highest BCUT2D eigenvalue weighted by Crippen LogP contribution is 2.22. The van der Waals surface area contributed by atoms with Gasteiger partial charge in [0.25, 0.3) is 5.91 Å². The lowest BCUT2D eigenvalue weighted by Crippen LogP contribution is -2.39. The third kappa shape index (κ3) is 3.86. The van der Waals surface area contributed by atoms with Crippen molar-refractivity contribution < 1.29 is 13.2 Å². The van der Waals surface area contributed by atoms with E-state index < -0.39 is 10.0 Å². The molecule has 0 aliphatic carbocycles. The second-order valence-electron chi connectivity index (χ2n) is 6.49. The molecule has 2 aromatic rings. The van der Waals surface area contributed by atoms with E-state index >= 15 is 0 Å². The van der Waals surface area contributed by atoms with Crippen LogP contribution in [0.15, 0.2) is 23.2 Å². The zero-order chi connectivity index (χ0) is 18.2. The molecule has 6 nitrogen and oxygen atoms in total. The third-order valence-electron chi connectivity index (χ3n) is 4.63. The first-order valence-corrected chi connectivity index (χ1v) is 11.1. The SMILES string of the molecule is CCn1c(=NC(=O)C2CCN(S(C)(=O)=O)CC2)sc2cc(C)ccc21. The number of hydrogen-bond acceptors (Lipinski definition) is 4. The Morgan fingerprint density at radius 1 is 1.32 bits per heavy atom. The van der Waals surface area contributed by atoms with E-state index in [9.17, 15) is 13.2 Å². The van der Waals surface area contributed by atoms with Crippen molar-refractivity contribution in [1.82, 2.24) is 8.87 Å². The van der Waals surface area contributed by atoms with E-state index in [-0.39, 0.29) is 11.8 Å². The summed E-state index contributed by atoms with van der Waals surface area (Å²) in [5.41, 5.74) is 2.28. The van der Waals surface area contributed by atoms with Gasteiger partial charge in [-0.1, -0.05) is 17.4 Å². The zero-order valence-electron chi connectivity index (χ0n) is 14.7. The molecule has 0 N–H and O–H groups in total. The molecular weight excluding hydrogens is 358 g/mol. The van der Waals surface area contributed by atoms with E-state index in [1.54, 1.807) is 0 Å². The number of aromatic nitrogens is 1. The Kier molecular flexibility index (Phi) is 5.13. The summed E-state index contributed by atoms with van der Waals surface area (Å²) in [5.74, 6) is -0.339. The number of rotatable bonds is 3. The summed E-state index contributed by atoms with van der Waals surface area (Å²) in [6, 6.07) is 6.24. The van der Waals surface area contributed by atoms with Gasteiger partial charge in [0.15, 0.2) is 4.80 Å². The van der Waals surface area contributed by atoms with Gasteiger partial charge in [-0.15, -0.1) is 0 Å². The molecule has 0 unspecified atom stereocenters.